The van der Waals surface area contributed by atoms with Crippen LogP contribution in [-0.2, 0) is 0 Å². The molecular weight excluding hydrogens is 354 g/mol. The molecule has 1 saturated carbocycles. The zero-order valence-electron chi connectivity index (χ0n) is 16.5. The maximum Gasteiger partial charge on any atom is 0.141 e. The van der Waals surface area contributed by atoms with Crippen LogP contribution in [0.25, 0.3) is 22.0 Å². The molecule has 1 aromatic carbocycles. The third-order valence-electron chi connectivity index (χ3n) is 5.80. The third-order valence-corrected chi connectivity index (χ3v) is 6.85. The highest BCUT2D eigenvalue weighted by Crippen LogP contribution is 2.37. The molecule has 4 rings (SSSR count). The summed E-state index contributed by atoms with van der Waals surface area (Å²) < 4.78 is 9.09. The van der Waals surface area contributed by atoms with Gasteiger partial charge in [-0.2, -0.15) is 0 Å². The predicted octanol–water partition coefficient (Wildman–Crippen LogP) is 5.93. The predicted molar refractivity (Wildman–Crippen MR) is 112 cm³/mol. The molecule has 1 aliphatic rings. The zero-order chi connectivity index (χ0) is 19.0. The standard InChI is InChI=1S/C22H27N3OS/c1-13-7-8-17(10-13)14(2)25-27-21-12-18(22-15(3)24-26-16(22)4)11-20-19(21)6-5-9-23-20/h5-6,9,11-14,17,25H,7-8,10H2,1-4H3. The second kappa shape index (κ2) is 7.64. The SMILES string of the molecule is Cc1noc(C)c1-c1cc(SNC(C)C2CCC(C)C2)c2cccnc2c1. The topological polar surface area (TPSA) is 51.0 Å². The minimum atomic E-state index is 0.495. The largest absolute Gasteiger partial charge is 0.361 e. The van der Waals surface area contributed by atoms with Gasteiger partial charge in [-0.1, -0.05) is 24.6 Å². The van der Waals surface area contributed by atoms with Crippen LogP contribution in [0, 0.1) is 25.7 Å². The van der Waals surface area contributed by atoms with Crippen LogP contribution < -0.4 is 4.72 Å². The van der Waals surface area contributed by atoms with Gasteiger partial charge in [0.05, 0.1) is 11.2 Å². The number of benzene rings is 1. The van der Waals surface area contributed by atoms with E-state index < -0.39 is 0 Å². The van der Waals surface area contributed by atoms with E-state index in [1.54, 1.807) is 11.9 Å². The molecule has 0 amide bonds. The molecule has 0 saturated heterocycles. The first-order chi connectivity index (χ1) is 13.0. The lowest BCUT2D eigenvalue weighted by molar-refractivity contribution is 0.393. The van der Waals surface area contributed by atoms with Crippen molar-refractivity contribution in [1.82, 2.24) is 14.9 Å². The van der Waals surface area contributed by atoms with Crippen molar-refractivity contribution < 1.29 is 4.52 Å². The summed E-state index contributed by atoms with van der Waals surface area (Å²) in [5, 5.41) is 5.30. The van der Waals surface area contributed by atoms with Crippen LogP contribution in [0.15, 0.2) is 39.9 Å². The molecule has 3 unspecified atom stereocenters. The average molecular weight is 382 g/mol. The van der Waals surface area contributed by atoms with E-state index in [9.17, 15) is 0 Å². The van der Waals surface area contributed by atoms with Crippen molar-refractivity contribution in [2.24, 2.45) is 11.8 Å². The number of pyridine rings is 1. The lowest BCUT2D eigenvalue weighted by Gasteiger charge is -2.20. The smallest absolute Gasteiger partial charge is 0.141 e. The Labute approximate surface area is 165 Å². The maximum atomic E-state index is 5.38. The van der Waals surface area contributed by atoms with Crippen molar-refractivity contribution in [2.75, 3.05) is 0 Å². The quantitative estimate of drug-likeness (QED) is 0.555. The Bertz CT molecular complexity index is 932. The first-order valence-electron chi connectivity index (χ1n) is 9.77. The summed E-state index contributed by atoms with van der Waals surface area (Å²) in [7, 11) is 0. The average Bonchev–Trinajstić information content (AvgIpc) is 3.24. The van der Waals surface area contributed by atoms with Crippen LogP contribution in [0.5, 0.6) is 0 Å². The molecule has 2 heterocycles. The Balaban J connectivity index is 1.65. The van der Waals surface area contributed by atoms with E-state index in [4.69, 9.17) is 4.52 Å². The molecule has 27 heavy (non-hydrogen) atoms. The van der Waals surface area contributed by atoms with Crippen molar-refractivity contribution in [3.05, 3.63) is 41.9 Å². The van der Waals surface area contributed by atoms with E-state index in [-0.39, 0.29) is 0 Å². The molecule has 0 spiro atoms. The van der Waals surface area contributed by atoms with Crippen molar-refractivity contribution in [3.63, 3.8) is 0 Å². The summed E-state index contributed by atoms with van der Waals surface area (Å²) in [4.78, 5) is 5.80. The molecule has 0 aliphatic heterocycles. The zero-order valence-corrected chi connectivity index (χ0v) is 17.3. The molecule has 3 aromatic rings. The Kier molecular flexibility index (Phi) is 5.24. The summed E-state index contributed by atoms with van der Waals surface area (Å²) in [6.07, 6.45) is 5.87. The van der Waals surface area contributed by atoms with Gasteiger partial charge >= 0.3 is 0 Å². The fourth-order valence-electron chi connectivity index (χ4n) is 4.23. The number of nitrogens with zero attached hydrogens (tertiary/aromatic N) is 2. The molecule has 0 radical (unpaired) electrons. The van der Waals surface area contributed by atoms with Crippen LogP contribution in [0.3, 0.4) is 0 Å². The number of hydrogen-bond acceptors (Lipinski definition) is 5. The van der Waals surface area contributed by atoms with E-state index in [0.29, 0.717) is 6.04 Å². The fraction of sp³-hybridized carbons (Fsp3) is 0.455. The highest BCUT2D eigenvalue weighted by Gasteiger charge is 2.26. The maximum absolute atomic E-state index is 5.38. The van der Waals surface area contributed by atoms with Gasteiger partial charge in [0.2, 0.25) is 0 Å². The van der Waals surface area contributed by atoms with Crippen molar-refractivity contribution >= 4 is 22.9 Å². The van der Waals surface area contributed by atoms with Gasteiger partial charge in [-0.25, -0.2) is 0 Å². The van der Waals surface area contributed by atoms with Crippen molar-refractivity contribution in [1.29, 1.82) is 0 Å². The summed E-state index contributed by atoms with van der Waals surface area (Å²) in [6, 6.07) is 9.01. The van der Waals surface area contributed by atoms with Gasteiger partial charge in [-0.05, 0) is 81.2 Å². The summed E-state index contributed by atoms with van der Waals surface area (Å²) >= 11 is 1.73. The molecule has 3 atom stereocenters. The van der Waals surface area contributed by atoms with Crippen LogP contribution in [-0.4, -0.2) is 16.2 Å². The van der Waals surface area contributed by atoms with E-state index >= 15 is 0 Å². The van der Waals surface area contributed by atoms with Gasteiger partial charge in [0, 0.05) is 28.1 Å². The van der Waals surface area contributed by atoms with E-state index in [0.717, 1.165) is 39.9 Å². The summed E-state index contributed by atoms with van der Waals surface area (Å²) in [6.45, 7) is 8.63. The number of rotatable bonds is 5. The number of aryl methyl sites for hydroxylation is 2. The van der Waals surface area contributed by atoms with E-state index in [1.807, 2.05) is 26.1 Å². The molecule has 2 aromatic heterocycles. The lowest BCUT2D eigenvalue weighted by atomic mass is 9.99. The fourth-order valence-corrected chi connectivity index (χ4v) is 5.20. The number of hydrogen-bond donors (Lipinski definition) is 1. The number of nitrogens with one attached hydrogen (secondary N) is 1. The summed E-state index contributed by atoms with van der Waals surface area (Å²) in [5.74, 6) is 2.47. The van der Waals surface area contributed by atoms with Gasteiger partial charge in [0.25, 0.3) is 0 Å². The molecule has 1 N–H and O–H groups in total. The number of aromatic nitrogens is 2. The van der Waals surface area contributed by atoms with Crippen LogP contribution in [0.2, 0.25) is 0 Å². The van der Waals surface area contributed by atoms with Gasteiger partial charge in [0.15, 0.2) is 0 Å². The molecule has 142 valence electrons. The van der Waals surface area contributed by atoms with Gasteiger partial charge in [-0.3, -0.25) is 9.71 Å². The highest BCUT2D eigenvalue weighted by atomic mass is 32.2. The van der Waals surface area contributed by atoms with Gasteiger partial charge < -0.3 is 4.52 Å². The van der Waals surface area contributed by atoms with Crippen molar-refractivity contribution in [2.45, 2.75) is 57.9 Å². The first-order valence-corrected chi connectivity index (χ1v) is 10.6. The first kappa shape index (κ1) is 18.5. The second-order valence-electron chi connectivity index (χ2n) is 7.93. The minimum absolute atomic E-state index is 0.495. The Morgan fingerprint density at radius 3 is 2.81 bits per heavy atom. The van der Waals surface area contributed by atoms with Crippen LogP contribution in [0.4, 0.5) is 0 Å². The van der Waals surface area contributed by atoms with E-state index in [2.05, 4.69) is 46.9 Å². The minimum Gasteiger partial charge on any atom is -0.361 e. The van der Waals surface area contributed by atoms with Gasteiger partial charge in [0.1, 0.15) is 5.76 Å². The molecule has 4 nitrogen and oxygen atoms in total. The molecule has 0 bridgehead atoms. The summed E-state index contributed by atoms with van der Waals surface area (Å²) in [5.41, 5.74) is 4.10. The molecule has 1 aliphatic carbocycles. The van der Waals surface area contributed by atoms with Gasteiger partial charge in [-0.15, -0.1) is 0 Å². The Morgan fingerprint density at radius 1 is 1.26 bits per heavy atom. The molecule has 1 fully saturated rings. The second-order valence-corrected chi connectivity index (χ2v) is 8.81. The third kappa shape index (κ3) is 3.76. The lowest BCUT2D eigenvalue weighted by Crippen LogP contribution is -2.27. The monoisotopic (exact) mass is 381 g/mol. The Hall–Kier alpha value is -1.85. The Morgan fingerprint density at radius 2 is 2.11 bits per heavy atom. The van der Waals surface area contributed by atoms with Crippen LogP contribution >= 0.6 is 11.9 Å². The molecular formula is C22H27N3OS. The number of fused-ring (bicyclic) bond motifs is 1. The normalized spacial score (nSPS) is 21.0. The van der Waals surface area contributed by atoms with E-state index in [1.165, 1.54) is 29.5 Å². The van der Waals surface area contributed by atoms with Crippen molar-refractivity contribution in [3.8, 4) is 11.1 Å². The molecule has 5 heteroatoms. The van der Waals surface area contributed by atoms with Crippen LogP contribution in [0.1, 0.15) is 44.6 Å². The highest BCUT2D eigenvalue weighted by molar-refractivity contribution is 7.97.